The summed E-state index contributed by atoms with van der Waals surface area (Å²) in [4.78, 5) is 0. The van der Waals surface area contributed by atoms with E-state index in [-0.39, 0.29) is 0 Å². The molecule has 1 atom stereocenters. The lowest BCUT2D eigenvalue weighted by atomic mass is 10.5. The maximum absolute atomic E-state index is 9.25. The van der Waals surface area contributed by atoms with Gasteiger partial charge >= 0.3 is 0 Å². The average Bonchev–Trinajstić information content (AvgIpc) is 2.09. The van der Waals surface area contributed by atoms with Crippen molar-refractivity contribution in [1.82, 2.24) is 5.32 Å². The van der Waals surface area contributed by atoms with Gasteiger partial charge in [0.05, 0.1) is 13.2 Å². The van der Waals surface area contributed by atoms with Crippen molar-refractivity contribution in [3.63, 3.8) is 0 Å². The molecule has 0 spiro atoms. The molecule has 1 aliphatic rings. The Kier molecular flexibility index (Phi) is 7.71. The van der Waals surface area contributed by atoms with E-state index in [2.05, 4.69) is 11.9 Å². The van der Waals surface area contributed by atoms with Crippen LogP contribution in [0.2, 0.25) is 0 Å². The second kappa shape index (κ2) is 7.87. The average molecular weight is 178 g/mol. The molecule has 0 aliphatic carbocycles. The summed E-state index contributed by atoms with van der Waals surface area (Å²) in [5, 5.41) is 3.99. The fourth-order valence-corrected chi connectivity index (χ4v) is 0.516. The first-order chi connectivity index (χ1) is 5.27. The number of nitrogens with one attached hydrogen (secondary N) is 1. The van der Waals surface area contributed by atoms with Crippen molar-refractivity contribution < 1.29 is 13.5 Å². The Morgan fingerprint density at radius 3 is 2.09 bits per heavy atom. The topological polar surface area (TPSA) is 61.4 Å². The molecule has 1 N–H and O–H groups in total. The highest BCUT2D eigenvalue weighted by atomic mass is 32.2. The lowest BCUT2D eigenvalue weighted by Crippen LogP contribution is -2.30. The Bertz CT molecular complexity index is 113. The molecule has 0 aromatic rings. The molecule has 1 unspecified atom stereocenters. The van der Waals surface area contributed by atoms with E-state index in [4.69, 9.17) is 4.74 Å². The number of hydrogen-bond acceptors (Lipinski definition) is 4. The van der Waals surface area contributed by atoms with Crippen molar-refractivity contribution in [1.29, 1.82) is 0 Å². The van der Waals surface area contributed by atoms with Gasteiger partial charge in [-0.25, -0.2) is 0 Å². The molecule has 5 heteroatoms. The van der Waals surface area contributed by atoms with Crippen LogP contribution in [-0.4, -0.2) is 35.1 Å². The molecule has 66 valence electrons. The Balaban J connectivity index is 0.000000187. The van der Waals surface area contributed by atoms with Gasteiger partial charge in [-0.3, -0.25) is 4.21 Å². The molecule has 1 aliphatic heterocycles. The van der Waals surface area contributed by atoms with Crippen LogP contribution in [0, 0.1) is 0 Å². The highest BCUT2D eigenvalue weighted by Gasteiger charge is 1.92. The number of hydrogen-bond donors (Lipinski definition) is 1. The summed E-state index contributed by atoms with van der Waals surface area (Å²) in [6.07, 6.45) is 0. The minimum Gasteiger partial charge on any atom is -0.769 e. The van der Waals surface area contributed by atoms with Gasteiger partial charge in [0.15, 0.2) is 0 Å². The standard InChI is InChI=1S/C4H9NO.C2H4O2S/c1-3-6-4-2-5-1;1-2-5(3)4/h5H,1-4H2;2H,1H2,(H,3,4)/p-1. The third-order valence-corrected chi connectivity index (χ3v) is 1.25. The zero-order valence-corrected chi connectivity index (χ0v) is 7.06. The molecule has 0 amide bonds. The minimum absolute atomic E-state index is 0.833. The monoisotopic (exact) mass is 178 g/mol. The van der Waals surface area contributed by atoms with E-state index in [1.807, 2.05) is 0 Å². The predicted molar refractivity (Wildman–Crippen MR) is 42.8 cm³/mol. The van der Waals surface area contributed by atoms with Crippen LogP contribution in [0.4, 0.5) is 0 Å². The highest BCUT2D eigenvalue weighted by molar-refractivity contribution is 7.82. The Hall–Kier alpha value is -0.230. The van der Waals surface area contributed by atoms with Crippen LogP contribution in [0.1, 0.15) is 0 Å². The normalized spacial score (nSPS) is 19.4. The first-order valence-corrected chi connectivity index (χ1v) is 4.40. The quantitative estimate of drug-likeness (QED) is 0.556. The first-order valence-electron chi connectivity index (χ1n) is 3.26. The number of morpholine rings is 1. The van der Waals surface area contributed by atoms with Crippen LogP contribution in [-0.2, 0) is 15.8 Å². The van der Waals surface area contributed by atoms with Gasteiger partial charge in [-0.2, -0.15) is 0 Å². The summed E-state index contributed by atoms with van der Waals surface area (Å²) in [6.45, 7) is 6.78. The summed E-state index contributed by atoms with van der Waals surface area (Å²) in [5.74, 6) is 0. The maximum Gasteiger partial charge on any atom is 0.0591 e. The summed E-state index contributed by atoms with van der Waals surface area (Å²) < 4.78 is 23.5. The molecule has 1 heterocycles. The predicted octanol–water partition coefficient (Wildman–Crippen LogP) is -0.385. The summed E-state index contributed by atoms with van der Waals surface area (Å²) in [5.41, 5.74) is 0. The Morgan fingerprint density at radius 2 is 2.00 bits per heavy atom. The lowest BCUT2D eigenvalue weighted by molar-refractivity contribution is 0.109. The van der Waals surface area contributed by atoms with E-state index < -0.39 is 11.1 Å². The minimum atomic E-state index is -2.06. The molecular formula is C6H12NO3S-. The van der Waals surface area contributed by atoms with Crippen LogP contribution in [0.5, 0.6) is 0 Å². The smallest absolute Gasteiger partial charge is 0.0591 e. The van der Waals surface area contributed by atoms with Crippen molar-refractivity contribution in [3.05, 3.63) is 12.0 Å². The van der Waals surface area contributed by atoms with Crippen molar-refractivity contribution >= 4 is 11.1 Å². The van der Waals surface area contributed by atoms with E-state index in [9.17, 15) is 8.76 Å². The largest absolute Gasteiger partial charge is 0.769 e. The van der Waals surface area contributed by atoms with Crippen molar-refractivity contribution in [2.24, 2.45) is 0 Å². The van der Waals surface area contributed by atoms with Gasteiger partial charge in [0, 0.05) is 13.1 Å². The molecule has 1 saturated heterocycles. The zero-order chi connectivity index (χ0) is 8.53. The molecule has 11 heavy (non-hydrogen) atoms. The van der Waals surface area contributed by atoms with Gasteiger partial charge in [-0.15, -0.1) is 0 Å². The molecule has 4 nitrogen and oxygen atoms in total. The fourth-order valence-electron chi connectivity index (χ4n) is 0.516. The van der Waals surface area contributed by atoms with Crippen molar-refractivity contribution in [2.45, 2.75) is 0 Å². The number of ether oxygens (including phenoxy) is 1. The van der Waals surface area contributed by atoms with E-state index in [0.717, 1.165) is 31.7 Å². The molecular weight excluding hydrogens is 166 g/mol. The van der Waals surface area contributed by atoms with Crippen LogP contribution in [0.15, 0.2) is 12.0 Å². The third-order valence-electron chi connectivity index (χ3n) is 0.982. The van der Waals surface area contributed by atoms with E-state index in [1.54, 1.807) is 0 Å². The van der Waals surface area contributed by atoms with Crippen molar-refractivity contribution in [2.75, 3.05) is 26.3 Å². The van der Waals surface area contributed by atoms with Crippen LogP contribution >= 0.6 is 0 Å². The Labute approximate surface area is 68.9 Å². The summed E-state index contributed by atoms with van der Waals surface area (Å²) >= 11 is -2.06. The molecule has 0 saturated carbocycles. The van der Waals surface area contributed by atoms with Crippen LogP contribution in [0.25, 0.3) is 0 Å². The SMILES string of the molecule is C1COCCN1.C=CS(=O)[O-]. The second-order valence-corrected chi connectivity index (χ2v) is 2.64. The zero-order valence-electron chi connectivity index (χ0n) is 6.25. The highest BCUT2D eigenvalue weighted by Crippen LogP contribution is 1.76. The Morgan fingerprint density at radius 1 is 1.55 bits per heavy atom. The fraction of sp³-hybridized carbons (Fsp3) is 0.667. The van der Waals surface area contributed by atoms with Crippen LogP contribution in [0.3, 0.4) is 0 Å². The lowest BCUT2D eigenvalue weighted by Gasteiger charge is -2.10. The van der Waals surface area contributed by atoms with Crippen LogP contribution < -0.4 is 5.32 Å². The second-order valence-electron chi connectivity index (χ2n) is 1.79. The van der Waals surface area contributed by atoms with Gasteiger partial charge in [-0.05, 0) is 16.5 Å². The third kappa shape index (κ3) is 9.77. The molecule has 1 fully saturated rings. The summed E-state index contributed by atoms with van der Waals surface area (Å²) in [7, 11) is 0. The van der Waals surface area contributed by atoms with Gasteiger partial charge < -0.3 is 14.6 Å². The van der Waals surface area contributed by atoms with E-state index >= 15 is 0 Å². The molecule has 0 aromatic heterocycles. The van der Waals surface area contributed by atoms with Gasteiger partial charge in [0.2, 0.25) is 0 Å². The molecule has 0 bridgehead atoms. The van der Waals surface area contributed by atoms with E-state index in [0.29, 0.717) is 0 Å². The number of rotatable bonds is 1. The van der Waals surface area contributed by atoms with E-state index in [1.165, 1.54) is 0 Å². The first kappa shape index (κ1) is 10.8. The molecule has 0 radical (unpaired) electrons. The molecule has 0 aromatic carbocycles. The van der Waals surface area contributed by atoms with Crippen molar-refractivity contribution in [3.8, 4) is 0 Å². The van der Waals surface area contributed by atoms with Gasteiger partial charge in [0.25, 0.3) is 0 Å². The molecule has 1 rings (SSSR count). The van der Waals surface area contributed by atoms with Gasteiger partial charge in [0.1, 0.15) is 0 Å². The maximum atomic E-state index is 9.25. The van der Waals surface area contributed by atoms with Gasteiger partial charge in [-0.1, -0.05) is 6.58 Å². The summed E-state index contributed by atoms with van der Waals surface area (Å²) in [6, 6.07) is 0.